The number of nitrogens with zero attached hydrogens (tertiary/aromatic N) is 1. The summed E-state index contributed by atoms with van der Waals surface area (Å²) in [6.07, 6.45) is 8.34. The maximum Gasteiger partial charge on any atom is 0.0180 e. The Morgan fingerprint density at radius 2 is 1.86 bits per heavy atom. The Balaban J connectivity index is 1.78. The molecule has 1 aliphatic heterocycles. The van der Waals surface area contributed by atoms with E-state index in [-0.39, 0.29) is 0 Å². The molecule has 0 unspecified atom stereocenters. The third kappa shape index (κ3) is 2.29. The third-order valence-electron chi connectivity index (χ3n) is 4.17. The smallest absolute Gasteiger partial charge is 0.0180 e. The molecule has 2 heteroatoms. The largest absolute Gasteiger partial charge is 0.326 e. The zero-order valence-electron chi connectivity index (χ0n) is 9.41. The van der Waals surface area contributed by atoms with Gasteiger partial charge in [-0.1, -0.05) is 13.3 Å². The van der Waals surface area contributed by atoms with Gasteiger partial charge in [-0.15, -0.1) is 0 Å². The highest BCUT2D eigenvalue weighted by Gasteiger charge is 2.29. The van der Waals surface area contributed by atoms with Crippen LogP contribution in [-0.4, -0.2) is 30.1 Å². The van der Waals surface area contributed by atoms with Crippen LogP contribution in [0, 0.1) is 5.92 Å². The molecule has 0 bridgehead atoms. The minimum atomic E-state index is 0.457. The van der Waals surface area contributed by atoms with Gasteiger partial charge in [0.05, 0.1) is 0 Å². The normalized spacial score (nSPS) is 40.3. The van der Waals surface area contributed by atoms with Crippen molar-refractivity contribution in [3.63, 3.8) is 0 Å². The van der Waals surface area contributed by atoms with Crippen LogP contribution < -0.4 is 5.73 Å². The van der Waals surface area contributed by atoms with E-state index < -0.39 is 0 Å². The molecule has 0 aromatic rings. The van der Waals surface area contributed by atoms with Crippen molar-refractivity contribution < 1.29 is 0 Å². The molecule has 0 aromatic carbocycles. The molecule has 1 saturated carbocycles. The van der Waals surface area contributed by atoms with Crippen molar-refractivity contribution in [1.82, 2.24) is 4.90 Å². The summed E-state index contributed by atoms with van der Waals surface area (Å²) in [5, 5.41) is 0. The monoisotopic (exact) mass is 196 g/mol. The molecule has 0 amide bonds. The van der Waals surface area contributed by atoms with E-state index in [1.165, 1.54) is 45.1 Å². The summed E-state index contributed by atoms with van der Waals surface area (Å²) < 4.78 is 0. The average molecular weight is 196 g/mol. The molecule has 2 aliphatic rings. The van der Waals surface area contributed by atoms with Crippen molar-refractivity contribution in [2.24, 2.45) is 11.7 Å². The maximum absolute atomic E-state index is 5.94. The molecule has 0 aromatic heterocycles. The Morgan fingerprint density at radius 3 is 2.36 bits per heavy atom. The van der Waals surface area contributed by atoms with E-state index in [0.717, 1.165) is 18.5 Å². The minimum Gasteiger partial charge on any atom is -0.326 e. The van der Waals surface area contributed by atoms with E-state index in [0.29, 0.717) is 6.04 Å². The highest BCUT2D eigenvalue weighted by Crippen LogP contribution is 2.30. The van der Waals surface area contributed by atoms with Crippen LogP contribution >= 0.6 is 0 Å². The SMILES string of the molecule is CCC1CCC(N2CC[C@@H](N)C2)CC1. The summed E-state index contributed by atoms with van der Waals surface area (Å²) in [5.41, 5.74) is 5.94. The second-order valence-corrected chi connectivity index (χ2v) is 5.13. The average Bonchev–Trinajstić information content (AvgIpc) is 2.65. The summed E-state index contributed by atoms with van der Waals surface area (Å²) >= 11 is 0. The number of hydrogen-bond acceptors (Lipinski definition) is 2. The Labute approximate surface area is 87.8 Å². The van der Waals surface area contributed by atoms with Crippen LogP contribution in [0.2, 0.25) is 0 Å². The summed E-state index contributed by atoms with van der Waals surface area (Å²) in [4.78, 5) is 2.64. The highest BCUT2D eigenvalue weighted by atomic mass is 15.2. The van der Waals surface area contributed by atoms with Crippen LogP contribution in [0.25, 0.3) is 0 Å². The lowest BCUT2D eigenvalue weighted by Crippen LogP contribution is -2.38. The molecule has 0 radical (unpaired) electrons. The zero-order chi connectivity index (χ0) is 9.97. The molecule has 1 saturated heterocycles. The van der Waals surface area contributed by atoms with Gasteiger partial charge in [0.1, 0.15) is 0 Å². The van der Waals surface area contributed by atoms with Gasteiger partial charge in [-0.2, -0.15) is 0 Å². The van der Waals surface area contributed by atoms with Crippen molar-refractivity contribution in [3.8, 4) is 0 Å². The molecule has 1 heterocycles. The molecule has 2 N–H and O–H groups in total. The van der Waals surface area contributed by atoms with E-state index >= 15 is 0 Å². The molecule has 2 fully saturated rings. The first kappa shape index (κ1) is 10.4. The number of nitrogens with two attached hydrogens (primary N) is 1. The van der Waals surface area contributed by atoms with Gasteiger partial charge in [-0.25, -0.2) is 0 Å². The molecular formula is C12H24N2. The number of likely N-dealkylation sites (tertiary alicyclic amines) is 1. The lowest BCUT2D eigenvalue weighted by Gasteiger charge is -2.34. The molecule has 1 atom stereocenters. The van der Waals surface area contributed by atoms with E-state index in [1.54, 1.807) is 0 Å². The Hall–Kier alpha value is -0.0800. The van der Waals surface area contributed by atoms with Gasteiger partial charge in [0.2, 0.25) is 0 Å². The van der Waals surface area contributed by atoms with Gasteiger partial charge in [-0.05, 0) is 38.0 Å². The maximum atomic E-state index is 5.94. The van der Waals surface area contributed by atoms with Crippen molar-refractivity contribution in [1.29, 1.82) is 0 Å². The topological polar surface area (TPSA) is 29.3 Å². The predicted octanol–water partition coefficient (Wildman–Crippen LogP) is 1.99. The fourth-order valence-electron chi connectivity index (χ4n) is 3.07. The summed E-state index contributed by atoms with van der Waals surface area (Å²) in [7, 11) is 0. The second kappa shape index (κ2) is 4.63. The van der Waals surface area contributed by atoms with Crippen LogP contribution in [-0.2, 0) is 0 Å². The highest BCUT2D eigenvalue weighted by molar-refractivity contribution is 4.86. The zero-order valence-corrected chi connectivity index (χ0v) is 9.41. The van der Waals surface area contributed by atoms with Crippen LogP contribution in [0.5, 0.6) is 0 Å². The molecule has 1 aliphatic carbocycles. The molecule has 2 rings (SSSR count). The fourth-order valence-corrected chi connectivity index (χ4v) is 3.07. The predicted molar refractivity (Wildman–Crippen MR) is 60.2 cm³/mol. The van der Waals surface area contributed by atoms with Crippen LogP contribution in [0.15, 0.2) is 0 Å². The summed E-state index contributed by atoms with van der Waals surface area (Å²) in [5.74, 6) is 1.02. The van der Waals surface area contributed by atoms with Gasteiger partial charge in [0.15, 0.2) is 0 Å². The number of rotatable bonds is 2. The number of hydrogen-bond donors (Lipinski definition) is 1. The lowest BCUT2D eigenvalue weighted by atomic mass is 9.84. The fraction of sp³-hybridized carbons (Fsp3) is 1.00. The molecule has 0 spiro atoms. The van der Waals surface area contributed by atoms with Gasteiger partial charge in [0, 0.05) is 25.2 Å². The Morgan fingerprint density at radius 1 is 1.14 bits per heavy atom. The summed E-state index contributed by atoms with van der Waals surface area (Å²) in [6, 6.07) is 1.32. The first-order valence-corrected chi connectivity index (χ1v) is 6.29. The standard InChI is InChI=1S/C12H24N2/c1-2-10-3-5-12(6-4-10)14-8-7-11(13)9-14/h10-12H,2-9,13H2,1H3/t10?,11-,12?/m1/s1. The van der Waals surface area contributed by atoms with Crippen LogP contribution in [0.3, 0.4) is 0 Å². The van der Waals surface area contributed by atoms with E-state index in [9.17, 15) is 0 Å². The Bertz CT molecular complexity index is 173. The minimum absolute atomic E-state index is 0.457. The van der Waals surface area contributed by atoms with Gasteiger partial charge in [-0.3, -0.25) is 4.90 Å². The molecule has 14 heavy (non-hydrogen) atoms. The second-order valence-electron chi connectivity index (χ2n) is 5.13. The Kier molecular flexibility index (Phi) is 3.45. The third-order valence-corrected chi connectivity index (χ3v) is 4.17. The van der Waals surface area contributed by atoms with Crippen LogP contribution in [0.4, 0.5) is 0 Å². The first-order valence-electron chi connectivity index (χ1n) is 6.29. The van der Waals surface area contributed by atoms with Crippen LogP contribution in [0.1, 0.15) is 45.4 Å². The van der Waals surface area contributed by atoms with Crippen molar-refractivity contribution in [2.75, 3.05) is 13.1 Å². The lowest BCUT2D eigenvalue weighted by molar-refractivity contribution is 0.161. The van der Waals surface area contributed by atoms with E-state index in [4.69, 9.17) is 5.73 Å². The first-order chi connectivity index (χ1) is 6.79. The van der Waals surface area contributed by atoms with E-state index in [2.05, 4.69) is 11.8 Å². The van der Waals surface area contributed by atoms with Crippen molar-refractivity contribution >= 4 is 0 Å². The van der Waals surface area contributed by atoms with Crippen molar-refractivity contribution in [2.45, 2.75) is 57.5 Å². The molecule has 2 nitrogen and oxygen atoms in total. The van der Waals surface area contributed by atoms with Gasteiger partial charge < -0.3 is 5.73 Å². The molecule has 82 valence electrons. The summed E-state index contributed by atoms with van der Waals surface area (Å²) in [6.45, 7) is 4.74. The van der Waals surface area contributed by atoms with Crippen molar-refractivity contribution in [3.05, 3.63) is 0 Å². The van der Waals surface area contributed by atoms with E-state index in [1.807, 2.05) is 0 Å². The van der Waals surface area contributed by atoms with Gasteiger partial charge in [0.25, 0.3) is 0 Å². The molecular weight excluding hydrogens is 172 g/mol. The quantitative estimate of drug-likeness (QED) is 0.732. The van der Waals surface area contributed by atoms with Gasteiger partial charge >= 0.3 is 0 Å².